The smallest absolute Gasteiger partial charge is 0.257 e. The van der Waals surface area contributed by atoms with E-state index >= 15 is 0 Å². The number of anilines is 1. The topological polar surface area (TPSA) is 162 Å². The van der Waals surface area contributed by atoms with Gasteiger partial charge in [-0.2, -0.15) is 0 Å². The van der Waals surface area contributed by atoms with E-state index < -0.39 is 30.1 Å². The lowest BCUT2D eigenvalue weighted by Crippen LogP contribution is -2.75. The zero-order valence-electron chi connectivity index (χ0n) is 10.0. The standard InChI is InChI=1S/C11H17N3O5/c12-10(18,6-15)11(13,19)8(16)9(17)14-7-4-2-1-3-5-7/h1-5,8,15-16,18-19H,6,12-13H2,(H,14,17)/t8-,10+,11-/m0/s1. The molecule has 0 aliphatic heterocycles. The van der Waals surface area contributed by atoms with Gasteiger partial charge in [0.05, 0.1) is 6.61 Å². The van der Waals surface area contributed by atoms with Crippen LogP contribution in [0.5, 0.6) is 0 Å². The predicted molar refractivity (Wildman–Crippen MR) is 66.4 cm³/mol. The fraction of sp³-hybridized carbons (Fsp3) is 0.364. The Kier molecular flexibility index (Phi) is 4.58. The van der Waals surface area contributed by atoms with Crippen molar-refractivity contribution in [3.8, 4) is 0 Å². The van der Waals surface area contributed by atoms with Gasteiger partial charge >= 0.3 is 0 Å². The first-order chi connectivity index (χ1) is 8.72. The second-order valence-corrected chi connectivity index (χ2v) is 4.17. The molecule has 0 aromatic heterocycles. The van der Waals surface area contributed by atoms with Gasteiger partial charge < -0.3 is 25.7 Å². The minimum atomic E-state index is -2.92. The highest BCUT2D eigenvalue weighted by Gasteiger charge is 2.51. The first-order valence-corrected chi connectivity index (χ1v) is 5.39. The number of rotatable bonds is 5. The van der Waals surface area contributed by atoms with Gasteiger partial charge in [-0.3, -0.25) is 16.3 Å². The number of nitrogens with one attached hydrogen (secondary N) is 1. The third-order valence-electron chi connectivity index (χ3n) is 2.64. The Labute approximate surface area is 109 Å². The minimum Gasteiger partial charge on any atom is -0.392 e. The van der Waals surface area contributed by atoms with Gasteiger partial charge in [-0.25, -0.2) is 0 Å². The maximum absolute atomic E-state index is 11.7. The van der Waals surface area contributed by atoms with Crippen molar-refractivity contribution in [3.63, 3.8) is 0 Å². The van der Waals surface area contributed by atoms with Crippen LogP contribution in [0, 0.1) is 0 Å². The molecule has 0 aliphatic rings. The molecular weight excluding hydrogens is 254 g/mol. The molecule has 0 radical (unpaired) electrons. The summed E-state index contributed by atoms with van der Waals surface area (Å²) in [7, 11) is 0. The summed E-state index contributed by atoms with van der Waals surface area (Å²) in [6.45, 7) is -1.14. The summed E-state index contributed by atoms with van der Waals surface area (Å²) in [6.07, 6.45) is -2.24. The largest absolute Gasteiger partial charge is 0.392 e. The van der Waals surface area contributed by atoms with Crippen LogP contribution in [-0.4, -0.2) is 50.5 Å². The fourth-order valence-electron chi connectivity index (χ4n) is 1.30. The van der Waals surface area contributed by atoms with Crippen LogP contribution in [0.25, 0.3) is 0 Å². The Bertz CT molecular complexity index is 435. The van der Waals surface area contributed by atoms with Crippen molar-refractivity contribution in [3.05, 3.63) is 30.3 Å². The van der Waals surface area contributed by atoms with E-state index in [1.54, 1.807) is 30.3 Å². The van der Waals surface area contributed by atoms with E-state index in [0.717, 1.165) is 0 Å². The summed E-state index contributed by atoms with van der Waals surface area (Å²) in [5.74, 6) is -1.08. The van der Waals surface area contributed by atoms with Crippen molar-refractivity contribution in [2.45, 2.75) is 17.6 Å². The van der Waals surface area contributed by atoms with E-state index in [4.69, 9.17) is 16.6 Å². The van der Waals surface area contributed by atoms with Crippen LogP contribution in [0.1, 0.15) is 0 Å². The number of benzene rings is 1. The third kappa shape index (κ3) is 3.26. The van der Waals surface area contributed by atoms with E-state index in [1.165, 1.54) is 0 Å². The molecule has 0 saturated heterocycles. The van der Waals surface area contributed by atoms with Gasteiger partial charge in [0.2, 0.25) is 0 Å². The number of carbonyl (C=O) groups excluding carboxylic acids is 1. The first kappa shape index (κ1) is 15.5. The number of aliphatic hydroxyl groups excluding tert-OH is 2. The van der Waals surface area contributed by atoms with Gasteiger partial charge in [-0.05, 0) is 12.1 Å². The molecule has 1 rings (SSSR count). The summed E-state index contributed by atoms with van der Waals surface area (Å²) < 4.78 is 0. The van der Waals surface area contributed by atoms with Crippen LogP contribution in [0.4, 0.5) is 5.69 Å². The third-order valence-corrected chi connectivity index (χ3v) is 2.64. The zero-order valence-corrected chi connectivity index (χ0v) is 10.0. The molecule has 19 heavy (non-hydrogen) atoms. The molecule has 106 valence electrons. The Balaban J connectivity index is 2.83. The van der Waals surface area contributed by atoms with E-state index in [0.29, 0.717) is 5.69 Å². The average molecular weight is 271 g/mol. The van der Waals surface area contributed by atoms with Crippen molar-refractivity contribution in [1.29, 1.82) is 0 Å². The van der Waals surface area contributed by atoms with E-state index in [1.807, 2.05) is 0 Å². The number of aliphatic hydroxyl groups is 4. The van der Waals surface area contributed by atoms with Crippen LogP contribution in [0.15, 0.2) is 30.3 Å². The summed E-state index contributed by atoms with van der Waals surface area (Å²) in [5, 5.41) is 39.8. The Morgan fingerprint density at radius 2 is 1.79 bits per heavy atom. The lowest BCUT2D eigenvalue weighted by molar-refractivity contribution is -0.209. The van der Waals surface area contributed by atoms with Crippen molar-refractivity contribution in [1.82, 2.24) is 0 Å². The van der Waals surface area contributed by atoms with Crippen molar-refractivity contribution >= 4 is 11.6 Å². The molecule has 1 aromatic carbocycles. The van der Waals surface area contributed by atoms with Crippen molar-refractivity contribution < 1.29 is 25.2 Å². The summed E-state index contributed by atoms with van der Waals surface area (Å²) >= 11 is 0. The minimum absolute atomic E-state index is 0.354. The van der Waals surface area contributed by atoms with Crippen LogP contribution >= 0.6 is 0 Å². The highest BCUT2D eigenvalue weighted by atomic mass is 16.4. The monoisotopic (exact) mass is 271 g/mol. The Hall–Kier alpha value is -1.55. The molecule has 8 heteroatoms. The van der Waals surface area contributed by atoms with E-state index in [2.05, 4.69) is 5.32 Å². The molecule has 1 aromatic rings. The highest BCUT2D eigenvalue weighted by Crippen LogP contribution is 2.17. The number of carbonyl (C=O) groups is 1. The molecule has 0 unspecified atom stereocenters. The van der Waals surface area contributed by atoms with Crippen LogP contribution in [-0.2, 0) is 4.79 Å². The van der Waals surface area contributed by atoms with Crippen LogP contribution in [0.2, 0.25) is 0 Å². The lowest BCUT2D eigenvalue weighted by Gasteiger charge is -2.38. The number of amides is 1. The maximum atomic E-state index is 11.7. The van der Waals surface area contributed by atoms with Gasteiger partial charge in [0.1, 0.15) is 0 Å². The maximum Gasteiger partial charge on any atom is 0.257 e. The van der Waals surface area contributed by atoms with Gasteiger partial charge in [-0.15, -0.1) is 0 Å². The molecule has 0 spiro atoms. The second kappa shape index (κ2) is 5.61. The molecule has 0 fully saturated rings. The summed E-state index contributed by atoms with van der Waals surface area (Å²) in [5.41, 5.74) is 5.03. The Morgan fingerprint density at radius 1 is 1.26 bits per heavy atom. The van der Waals surface area contributed by atoms with Crippen molar-refractivity contribution in [2.75, 3.05) is 11.9 Å². The molecule has 3 atom stereocenters. The summed E-state index contributed by atoms with van der Waals surface area (Å²) in [4.78, 5) is 11.7. The van der Waals surface area contributed by atoms with E-state index in [-0.39, 0.29) is 0 Å². The molecular formula is C11H17N3O5. The number of hydrogen-bond donors (Lipinski definition) is 7. The van der Waals surface area contributed by atoms with Crippen LogP contribution in [0.3, 0.4) is 0 Å². The molecule has 9 N–H and O–H groups in total. The molecule has 1 amide bonds. The first-order valence-electron chi connectivity index (χ1n) is 5.39. The van der Waals surface area contributed by atoms with Crippen molar-refractivity contribution in [2.24, 2.45) is 11.5 Å². The lowest BCUT2D eigenvalue weighted by atomic mass is 9.95. The molecule has 0 bridgehead atoms. The predicted octanol–water partition coefficient (Wildman–Crippen LogP) is -2.73. The number of hydrogen-bond acceptors (Lipinski definition) is 7. The summed E-state index contributed by atoms with van der Waals surface area (Å²) in [6, 6.07) is 8.09. The van der Waals surface area contributed by atoms with Crippen LogP contribution < -0.4 is 16.8 Å². The van der Waals surface area contributed by atoms with E-state index in [9.17, 15) is 20.1 Å². The zero-order chi connectivity index (χ0) is 14.7. The molecule has 0 aliphatic carbocycles. The average Bonchev–Trinajstić information content (AvgIpc) is 2.38. The molecule has 8 nitrogen and oxygen atoms in total. The quantitative estimate of drug-likeness (QED) is 0.286. The second-order valence-electron chi connectivity index (χ2n) is 4.17. The molecule has 0 heterocycles. The van der Waals surface area contributed by atoms with Gasteiger partial charge in [-0.1, -0.05) is 18.2 Å². The highest BCUT2D eigenvalue weighted by molar-refractivity contribution is 5.94. The number of nitrogens with two attached hydrogens (primary N) is 2. The fourth-order valence-corrected chi connectivity index (χ4v) is 1.30. The number of para-hydroxylation sites is 1. The van der Waals surface area contributed by atoms with Gasteiger partial charge in [0, 0.05) is 5.69 Å². The SMILES string of the molecule is N[C@](O)([C@@H](O)C(=O)Nc1ccccc1)[C@](N)(O)CO. The van der Waals surface area contributed by atoms with Gasteiger partial charge in [0.15, 0.2) is 17.6 Å². The molecule has 0 saturated carbocycles. The van der Waals surface area contributed by atoms with Gasteiger partial charge in [0.25, 0.3) is 5.91 Å². The normalized spacial score (nSPS) is 19.1. The Morgan fingerprint density at radius 3 is 2.26 bits per heavy atom.